The summed E-state index contributed by atoms with van der Waals surface area (Å²) in [5, 5.41) is 9.07. The molecule has 0 radical (unpaired) electrons. The van der Waals surface area contributed by atoms with Crippen molar-refractivity contribution in [3.8, 4) is 6.07 Å². The van der Waals surface area contributed by atoms with Crippen molar-refractivity contribution in [2.75, 3.05) is 9.80 Å². The fourth-order valence-electron chi connectivity index (χ4n) is 3.86. The molecule has 2 fully saturated rings. The lowest BCUT2D eigenvalue weighted by Crippen LogP contribution is -2.55. The molecule has 0 N–H and O–H groups in total. The van der Waals surface area contributed by atoms with Gasteiger partial charge in [0.1, 0.15) is 11.6 Å². The second-order valence-corrected chi connectivity index (χ2v) is 7.55. The lowest BCUT2D eigenvalue weighted by Gasteiger charge is -2.43. The zero-order valence-corrected chi connectivity index (χ0v) is 16.1. The van der Waals surface area contributed by atoms with E-state index in [2.05, 4.69) is 4.98 Å². The Morgan fingerprint density at radius 2 is 1.97 bits per heavy atom. The van der Waals surface area contributed by atoms with E-state index < -0.39 is 23.0 Å². The van der Waals surface area contributed by atoms with Gasteiger partial charge in [-0.1, -0.05) is 12.1 Å². The molecule has 1 aromatic heterocycles. The van der Waals surface area contributed by atoms with E-state index in [0.29, 0.717) is 12.8 Å². The number of nitrogens with zero attached hydrogens (tertiary/aromatic N) is 4. The van der Waals surface area contributed by atoms with E-state index >= 15 is 0 Å². The standard InChI is InChI=1S/C20H15F3N4OS/c1-12-4-2-5-13(8-12)27-18(29)26(17(28)19(27)6-3-7-19)14-9-15(20(21,22)23)16(10-24)25-11-14/h2,4-5,8-9,11H,3,6-7H2,1H3. The summed E-state index contributed by atoms with van der Waals surface area (Å²) in [6, 6.07) is 9.69. The molecule has 1 aromatic carbocycles. The number of anilines is 2. The van der Waals surface area contributed by atoms with Crippen LogP contribution in [-0.2, 0) is 11.0 Å². The van der Waals surface area contributed by atoms with Crippen LogP contribution in [0.2, 0.25) is 0 Å². The van der Waals surface area contributed by atoms with Crippen LogP contribution in [0, 0.1) is 18.3 Å². The van der Waals surface area contributed by atoms with Crippen molar-refractivity contribution in [1.82, 2.24) is 4.98 Å². The van der Waals surface area contributed by atoms with Crippen LogP contribution in [0.5, 0.6) is 0 Å². The molecule has 2 aromatic rings. The molecular formula is C20H15F3N4OS. The van der Waals surface area contributed by atoms with Gasteiger partial charge < -0.3 is 4.90 Å². The average Bonchev–Trinajstić information content (AvgIpc) is 2.87. The van der Waals surface area contributed by atoms with E-state index in [0.717, 1.165) is 34.8 Å². The number of rotatable bonds is 2. The first-order chi connectivity index (χ1) is 13.7. The summed E-state index contributed by atoms with van der Waals surface area (Å²) in [6.45, 7) is 1.91. The zero-order chi connectivity index (χ0) is 21.0. The molecule has 1 aliphatic heterocycles. The van der Waals surface area contributed by atoms with Gasteiger partial charge in [-0.25, -0.2) is 4.98 Å². The Labute approximate surface area is 170 Å². The normalized spacial score (nSPS) is 18.2. The van der Waals surface area contributed by atoms with E-state index in [9.17, 15) is 18.0 Å². The molecule has 2 aliphatic rings. The third kappa shape index (κ3) is 2.86. The molecular weight excluding hydrogens is 401 g/mol. The predicted molar refractivity (Wildman–Crippen MR) is 104 cm³/mol. The first-order valence-electron chi connectivity index (χ1n) is 8.92. The van der Waals surface area contributed by atoms with Crippen LogP contribution in [0.4, 0.5) is 24.5 Å². The van der Waals surface area contributed by atoms with Crippen LogP contribution in [0.25, 0.3) is 0 Å². The minimum absolute atomic E-state index is 0.0900. The zero-order valence-electron chi connectivity index (χ0n) is 15.3. The SMILES string of the molecule is Cc1cccc(N2C(=S)N(c3cnc(C#N)c(C(F)(F)F)c3)C(=O)C23CCC3)c1. The van der Waals surface area contributed by atoms with Gasteiger partial charge in [0.05, 0.1) is 17.4 Å². The number of hydrogen-bond donors (Lipinski definition) is 0. The Balaban J connectivity index is 1.83. The van der Waals surface area contributed by atoms with Crippen LogP contribution in [0.15, 0.2) is 36.5 Å². The van der Waals surface area contributed by atoms with Crippen molar-refractivity contribution in [2.24, 2.45) is 0 Å². The lowest BCUT2D eigenvalue weighted by molar-refractivity contribution is -0.138. The highest BCUT2D eigenvalue weighted by Crippen LogP contribution is 2.48. The van der Waals surface area contributed by atoms with Crippen LogP contribution in [-0.4, -0.2) is 21.5 Å². The van der Waals surface area contributed by atoms with Crippen molar-refractivity contribution in [1.29, 1.82) is 5.26 Å². The molecule has 9 heteroatoms. The maximum absolute atomic E-state index is 13.4. The van der Waals surface area contributed by atoms with Crippen molar-refractivity contribution >= 4 is 34.6 Å². The number of pyridine rings is 1. The molecule has 1 amide bonds. The molecule has 1 saturated carbocycles. The van der Waals surface area contributed by atoms with E-state index in [4.69, 9.17) is 17.5 Å². The summed E-state index contributed by atoms with van der Waals surface area (Å²) in [4.78, 5) is 19.8. The van der Waals surface area contributed by atoms with Crippen LogP contribution in [0.1, 0.15) is 36.1 Å². The van der Waals surface area contributed by atoms with E-state index in [-0.39, 0.29) is 16.7 Å². The topological polar surface area (TPSA) is 60.2 Å². The number of aromatic nitrogens is 1. The number of hydrogen-bond acceptors (Lipinski definition) is 4. The summed E-state index contributed by atoms with van der Waals surface area (Å²) in [6.07, 6.45) is -1.74. The van der Waals surface area contributed by atoms with Crippen molar-refractivity contribution < 1.29 is 18.0 Å². The first kappa shape index (κ1) is 19.3. The Kier molecular flexibility index (Phi) is 4.35. The summed E-state index contributed by atoms with van der Waals surface area (Å²) in [5.41, 5.74) is -1.21. The Morgan fingerprint density at radius 1 is 1.24 bits per heavy atom. The van der Waals surface area contributed by atoms with Gasteiger partial charge in [0.2, 0.25) is 0 Å². The van der Waals surface area contributed by atoms with Crippen LogP contribution >= 0.6 is 12.2 Å². The monoisotopic (exact) mass is 416 g/mol. The summed E-state index contributed by atoms with van der Waals surface area (Å²) < 4.78 is 40.1. The molecule has 0 atom stereocenters. The minimum atomic E-state index is -4.77. The highest BCUT2D eigenvalue weighted by atomic mass is 32.1. The van der Waals surface area contributed by atoms with Crippen molar-refractivity contribution in [2.45, 2.75) is 37.9 Å². The van der Waals surface area contributed by atoms with Gasteiger partial charge in [0.25, 0.3) is 5.91 Å². The van der Waals surface area contributed by atoms with E-state index in [1.165, 1.54) is 6.07 Å². The average molecular weight is 416 g/mol. The second kappa shape index (κ2) is 6.52. The van der Waals surface area contributed by atoms with Gasteiger partial charge in [-0.3, -0.25) is 9.69 Å². The van der Waals surface area contributed by atoms with Crippen LogP contribution in [0.3, 0.4) is 0 Å². The number of carbonyl (C=O) groups excluding carboxylic acids is 1. The molecule has 0 unspecified atom stereocenters. The Morgan fingerprint density at radius 3 is 2.52 bits per heavy atom. The molecule has 1 aliphatic carbocycles. The number of thiocarbonyl (C=S) groups is 1. The fourth-order valence-corrected chi connectivity index (χ4v) is 4.32. The van der Waals surface area contributed by atoms with E-state index in [1.54, 1.807) is 4.90 Å². The maximum atomic E-state index is 13.4. The summed E-state index contributed by atoms with van der Waals surface area (Å²) in [5.74, 6) is -0.366. The third-order valence-corrected chi connectivity index (χ3v) is 5.76. The van der Waals surface area contributed by atoms with Gasteiger partial charge in [-0.15, -0.1) is 0 Å². The van der Waals surface area contributed by atoms with Gasteiger partial charge in [0, 0.05) is 5.69 Å². The lowest BCUT2D eigenvalue weighted by atomic mass is 9.75. The third-order valence-electron chi connectivity index (χ3n) is 5.40. The number of nitriles is 1. The molecule has 5 nitrogen and oxygen atoms in total. The summed E-state index contributed by atoms with van der Waals surface area (Å²) >= 11 is 5.55. The smallest absolute Gasteiger partial charge is 0.303 e. The molecule has 148 valence electrons. The fraction of sp³-hybridized carbons (Fsp3) is 0.300. The van der Waals surface area contributed by atoms with Gasteiger partial charge in [0.15, 0.2) is 10.8 Å². The minimum Gasteiger partial charge on any atom is -0.303 e. The molecule has 4 rings (SSSR count). The number of benzene rings is 1. The largest absolute Gasteiger partial charge is 0.419 e. The Hall–Kier alpha value is -2.99. The maximum Gasteiger partial charge on any atom is 0.419 e. The molecule has 0 bridgehead atoms. The highest BCUT2D eigenvalue weighted by Gasteiger charge is 2.59. The van der Waals surface area contributed by atoms with Gasteiger partial charge in [-0.05, 0) is 62.2 Å². The first-order valence-corrected chi connectivity index (χ1v) is 9.32. The number of alkyl halides is 3. The number of amides is 1. The van der Waals surface area contributed by atoms with E-state index in [1.807, 2.05) is 31.2 Å². The molecule has 1 spiro atoms. The molecule has 29 heavy (non-hydrogen) atoms. The van der Waals surface area contributed by atoms with Crippen molar-refractivity contribution in [3.05, 3.63) is 53.3 Å². The molecule has 1 saturated heterocycles. The second-order valence-electron chi connectivity index (χ2n) is 7.18. The number of aryl methyl sites for hydroxylation is 1. The number of halogens is 3. The molecule has 2 heterocycles. The van der Waals surface area contributed by atoms with Crippen molar-refractivity contribution in [3.63, 3.8) is 0 Å². The highest BCUT2D eigenvalue weighted by molar-refractivity contribution is 7.81. The van der Waals surface area contributed by atoms with Crippen LogP contribution < -0.4 is 9.80 Å². The predicted octanol–water partition coefficient (Wildman–Crippen LogP) is 4.34. The van der Waals surface area contributed by atoms with Gasteiger partial charge >= 0.3 is 6.18 Å². The number of carbonyl (C=O) groups is 1. The summed E-state index contributed by atoms with van der Waals surface area (Å²) in [7, 11) is 0. The Bertz CT molecular complexity index is 1070. The van der Waals surface area contributed by atoms with Gasteiger partial charge in [-0.2, -0.15) is 18.4 Å². The quantitative estimate of drug-likeness (QED) is 0.682.